The summed E-state index contributed by atoms with van der Waals surface area (Å²) in [6.45, 7) is 5.48. The Morgan fingerprint density at radius 3 is 2.35 bits per heavy atom. The second-order valence-corrected chi connectivity index (χ2v) is 7.70. The summed E-state index contributed by atoms with van der Waals surface area (Å²) in [5, 5.41) is 1.57. The van der Waals surface area contributed by atoms with Crippen LogP contribution in [0.15, 0.2) is 9.59 Å². The fourth-order valence-corrected chi connectivity index (χ4v) is 4.23. The molecule has 0 amide bonds. The lowest BCUT2D eigenvalue weighted by atomic mass is 10.0. The Morgan fingerprint density at radius 1 is 1.41 bits per heavy atom. The zero-order chi connectivity index (χ0) is 13.4. The SMILES string of the molecule is [B]c1csc(S(=O)(=O)N(C)C(C)(C)C)c1OC. The maximum atomic E-state index is 12.4. The molecular formula is C10H16BNO3S2. The summed E-state index contributed by atoms with van der Waals surface area (Å²) in [6, 6.07) is 0. The second kappa shape index (κ2) is 4.63. The Balaban J connectivity index is 3.32. The van der Waals surface area contributed by atoms with Crippen molar-refractivity contribution in [1.29, 1.82) is 0 Å². The van der Waals surface area contributed by atoms with Gasteiger partial charge in [0.2, 0.25) is 0 Å². The number of nitrogens with zero attached hydrogens (tertiary/aromatic N) is 1. The van der Waals surface area contributed by atoms with Crippen molar-refractivity contribution in [1.82, 2.24) is 4.31 Å². The molecule has 2 radical (unpaired) electrons. The molecule has 7 heteroatoms. The minimum atomic E-state index is -3.57. The fourth-order valence-electron chi connectivity index (χ4n) is 1.21. The highest BCUT2D eigenvalue weighted by Crippen LogP contribution is 2.32. The van der Waals surface area contributed by atoms with Crippen molar-refractivity contribution in [2.75, 3.05) is 14.2 Å². The number of rotatable bonds is 3. The van der Waals surface area contributed by atoms with Crippen molar-refractivity contribution in [2.45, 2.75) is 30.5 Å². The molecular weight excluding hydrogens is 257 g/mol. The van der Waals surface area contributed by atoms with Gasteiger partial charge in [-0.2, -0.15) is 4.31 Å². The van der Waals surface area contributed by atoms with E-state index in [9.17, 15) is 8.42 Å². The third-order valence-corrected chi connectivity index (χ3v) is 6.10. The van der Waals surface area contributed by atoms with Gasteiger partial charge in [-0.3, -0.25) is 0 Å². The van der Waals surface area contributed by atoms with Gasteiger partial charge in [0.1, 0.15) is 13.6 Å². The van der Waals surface area contributed by atoms with Gasteiger partial charge in [0, 0.05) is 12.6 Å². The van der Waals surface area contributed by atoms with E-state index in [1.54, 1.807) is 12.4 Å². The Labute approximate surface area is 108 Å². The maximum absolute atomic E-state index is 12.4. The topological polar surface area (TPSA) is 46.6 Å². The van der Waals surface area contributed by atoms with Crippen LogP contribution in [0.25, 0.3) is 0 Å². The molecule has 0 aliphatic rings. The average molecular weight is 273 g/mol. The van der Waals surface area contributed by atoms with Crippen molar-refractivity contribution >= 4 is 34.7 Å². The van der Waals surface area contributed by atoms with Gasteiger partial charge < -0.3 is 4.74 Å². The van der Waals surface area contributed by atoms with Crippen molar-refractivity contribution in [3.63, 3.8) is 0 Å². The Kier molecular flexibility index (Phi) is 3.96. The first-order valence-electron chi connectivity index (χ1n) is 5.02. The van der Waals surface area contributed by atoms with Crippen molar-refractivity contribution in [3.05, 3.63) is 5.38 Å². The highest BCUT2D eigenvalue weighted by atomic mass is 32.2. The van der Waals surface area contributed by atoms with Crippen LogP contribution < -0.4 is 10.2 Å². The summed E-state index contributed by atoms with van der Waals surface area (Å²) in [7, 11) is 5.05. The molecule has 0 aromatic carbocycles. The van der Waals surface area contributed by atoms with Crippen LogP contribution in [0.2, 0.25) is 0 Å². The molecule has 0 aliphatic carbocycles. The van der Waals surface area contributed by atoms with Gasteiger partial charge in [-0.15, -0.1) is 11.3 Å². The Morgan fingerprint density at radius 2 is 1.94 bits per heavy atom. The fraction of sp³-hybridized carbons (Fsp3) is 0.600. The van der Waals surface area contributed by atoms with E-state index >= 15 is 0 Å². The summed E-state index contributed by atoms with van der Waals surface area (Å²) in [4.78, 5) is 0. The number of thiophene rings is 1. The van der Waals surface area contributed by atoms with Gasteiger partial charge in [0.15, 0.2) is 4.21 Å². The van der Waals surface area contributed by atoms with Crippen molar-refractivity contribution in [3.8, 4) is 5.75 Å². The van der Waals surface area contributed by atoms with Crippen LogP contribution in [0, 0.1) is 0 Å². The van der Waals surface area contributed by atoms with Crippen LogP contribution in [-0.2, 0) is 10.0 Å². The van der Waals surface area contributed by atoms with E-state index in [1.807, 2.05) is 20.8 Å². The van der Waals surface area contributed by atoms with Crippen LogP contribution in [0.4, 0.5) is 0 Å². The highest BCUT2D eigenvalue weighted by Gasteiger charge is 2.34. The highest BCUT2D eigenvalue weighted by molar-refractivity contribution is 7.91. The number of hydrogen-bond acceptors (Lipinski definition) is 4. The summed E-state index contributed by atoms with van der Waals surface area (Å²) in [5.74, 6) is 0.228. The summed E-state index contributed by atoms with van der Waals surface area (Å²) in [5.41, 5.74) is -0.152. The maximum Gasteiger partial charge on any atom is 0.256 e. The predicted molar refractivity (Wildman–Crippen MR) is 71.0 cm³/mol. The summed E-state index contributed by atoms with van der Waals surface area (Å²) >= 11 is 1.07. The first kappa shape index (κ1) is 14.5. The monoisotopic (exact) mass is 273 g/mol. The first-order valence-corrected chi connectivity index (χ1v) is 7.34. The van der Waals surface area contributed by atoms with E-state index in [1.165, 1.54) is 11.4 Å². The quantitative estimate of drug-likeness (QED) is 0.771. The molecule has 17 heavy (non-hydrogen) atoms. The molecule has 1 heterocycles. The van der Waals surface area contributed by atoms with Crippen molar-refractivity contribution in [2.24, 2.45) is 0 Å². The summed E-state index contributed by atoms with van der Waals surface area (Å²) in [6.07, 6.45) is 0. The van der Waals surface area contributed by atoms with Crippen LogP contribution in [0.3, 0.4) is 0 Å². The van der Waals surface area contributed by atoms with E-state index in [0.717, 1.165) is 11.3 Å². The number of sulfonamides is 1. The molecule has 0 saturated heterocycles. The number of ether oxygens (including phenoxy) is 1. The normalized spacial score (nSPS) is 13.1. The standard InChI is InChI=1S/C10H16BNO3S2/c1-10(2,3)12(4)17(13,14)9-8(15-5)7(11)6-16-9/h6H,1-5H3. The smallest absolute Gasteiger partial charge is 0.256 e. The van der Waals surface area contributed by atoms with Crippen LogP contribution >= 0.6 is 11.3 Å². The molecule has 4 nitrogen and oxygen atoms in total. The van der Waals surface area contributed by atoms with E-state index in [2.05, 4.69) is 0 Å². The number of methoxy groups -OCH3 is 1. The third-order valence-electron chi connectivity index (χ3n) is 2.48. The zero-order valence-electron chi connectivity index (χ0n) is 10.6. The lowest BCUT2D eigenvalue weighted by Crippen LogP contribution is -2.42. The largest absolute Gasteiger partial charge is 0.495 e. The Bertz CT molecular complexity index is 502. The molecule has 0 bridgehead atoms. The Hall–Kier alpha value is -0.525. The van der Waals surface area contributed by atoms with E-state index in [0.29, 0.717) is 5.46 Å². The first-order chi connectivity index (χ1) is 7.62. The average Bonchev–Trinajstić information content (AvgIpc) is 2.57. The number of hydrogen-bond donors (Lipinski definition) is 0. The van der Waals surface area contributed by atoms with Gasteiger partial charge in [-0.1, -0.05) is 0 Å². The molecule has 0 fully saturated rings. The van der Waals surface area contributed by atoms with Gasteiger partial charge >= 0.3 is 0 Å². The molecule has 0 atom stereocenters. The van der Waals surface area contributed by atoms with Crippen LogP contribution in [0.1, 0.15) is 20.8 Å². The molecule has 0 saturated carbocycles. The molecule has 0 aliphatic heterocycles. The van der Waals surface area contributed by atoms with E-state index in [-0.39, 0.29) is 9.96 Å². The molecule has 1 rings (SSSR count). The lowest BCUT2D eigenvalue weighted by molar-refractivity contribution is 0.291. The van der Waals surface area contributed by atoms with E-state index in [4.69, 9.17) is 12.6 Å². The minimum absolute atomic E-state index is 0.148. The molecule has 0 N–H and O–H groups in total. The third kappa shape index (κ3) is 2.66. The van der Waals surface area contributed by atoms with Gasteiger partial charge in [0.25, 0.3) is 10.0 Å². The van der Waals surface area contributed by atoms with Gasteiger partial charge in [0.05, 0.1) is 7.11 Å². The summed E-state index contributed by atoms with van der Waals surface area (Å²) < 4.78 is 31.3. The molecule has 0 spiro atoms. The molecule has 1 aromatic heterocycles. The zero-order valence-corrected chi connectivity index (χ0v) is 12.3. The van der Waals surface area contributed by atoms with Crippen molar-refractivity contribution < 1.29 is 13.2 Å². The van der Waals surface area contributed by atoms with Gasteiger partial charge in [-0.05, 0) is 31.6 Å². The second-order valence-electron chi connectivity index (χ2n) is 4.66. The minimum Gasteiger partial charge on any atom is -0.495 e. The molecule has 0 unspecified atom stereocenters. The molecule has 1 aromatic rings. The molecule has 94 valence electrons. The van der Waals surface area contributed by atoms with E-state index < -0.39 is 15.6 Å². The van der Waals surface area contributed by atoms with Gasteiger partial charge in [-0.25, -0.2) is 8.42 Å². The lowest BCUT2D eigenvalue weighted by Gasteiger charge is -2.30. The van der Waals surface area contributed by atoms with Crippen LogP contribution in [-0.4, -0.2) is 40.3 Å². The van der Waals surface area contributed by atoms with Crippen LogP contribution in [0.5, 0.6) is 5.75 Å². The predicted octanol–water partition coefficient (Wildman–Crippen LogP) is 0.970.